The molecular formula is C20H18FN3O. The first-order valence-electron chi connectivity index (χ1n) is 8.24. The Morgan fingerprint density at radius 1 is 1.16 bits per heavy atom. The molecule has 0 fully saturated rings. The second-order valence-electron chi connectivity index (χ2n) is 6.44. The van der Waals surface area contributed by atoms with Crippen LogP contribution in [0.2, 0.25) is 0 Å². The van der Waals surface area contributed by atoms with Crippen molar-refractivity contribution in [3.63, 3.8) is 0 Å². The lowest BCUT2D eigenvalue weighted by molar-refractivity contribution is -0.116. The van der Waals surface area contributed by atoms with Crippen LogP contribution in [0.4, 0.5) is 10.2 Å². The minimum atomic E-state index is -0.282. The average molecular weight is 335 g/mol. The van der Waals surface area contributed by atoms with Gasteiger partial charge in [-0.2, -0.15) is 5.10 Å². The number of hydrogen-bond donors (Lipinski definition) is 1. The summed E-state index contributed by atoms with van der Waals surface area (Å²) < 4.78 is 15.0. The summed E-state index contributed by atoms with van der Waals surface area (Å²) in [5.74, 6) is 0.228. The molecule has 3 aromatic rings. The van der Waals surface area contributed by atoms with Gasteiger partial charge in [0, 0.05) is 17.9 Å². The standard InChI is InChI=1S/C20H18FN3O/c1-12-4-3-5-18(13(12)2)24-20-17(11-22-24)16(10-19(25)23-20)14-6-8-15(21)9-7-14/h3-9,11,16H,10H2,1-2H3,(H,23,25). The maximum absolute atomic E-state index is 13.2. The number of nitrogens with zero attached hydrogens (tertiary/aromatic N) is 2. The number of aryl methyl sites for hydroxylation is 1. The van der Waals surface area contributed by atoms with Crippen LogP contribution in [0.25, 0.3) is 5.69 Å². The number of anilines is 1. The van der Waals surface area contributed by atoms with Crippen molar-refractivity contribution >= 4 is 11.7 Å². The number of carbonyl (C=O) groups excluding carboxylic acids is 1. The molecule has 0 spiro atoms. The van der Waals surface area contributed by atoms with Gasteiger partial charge in [-0.3, -0.25) is 4.79 Å². The minimum Gasteiger partial charge on any atom is -0.310 e. The third kappa shape index (κ3) is 2.61. The van der Waals surface area contributed by atoms with Crippen LogP contribution >= 0.6 is 0 Å². The average Bonchev–Trinajstić information content (AvgIpc) is 3.01. The molecule has 2 heterocycles. The Bertz CT molecular complexity index is 960. The van der Waals surface area contributed by atoms with E-state index in [1.54, 1.807) is 23.0 Å². The molecule has 1 atom stereocenters. The van der Waals surface area contributed by atoms with E-state index < -0.39 is 0 Å². The third-order valence-electron chi connectivity index (χ3n) is 4.90. The largest absolute Gasteiger partial charge is 0.310 e. The first kappa shape index (κ1) is 15.6. The summed E-state index contributed by atoms with van der Waals surface area (Å²) in [4.78, 5) is 12.3. The molecule has 0 saturated carbocycles. The number of carbonyl (C=O) groups is 1. The number of hydrogen-bond acceptors (Lipinski definition) is 2. The van der Waals surface area contributed by atoms with Crippen LogP contribution in [-0.2, 0) is 4.79 Å². The zero-order valence-electron chi connectivity index (χ0n) is 14.1. The van der Waals surface area contributed by atoms with Crippen molar-refractivity contribution in [2.24, 2.45) is 0 Å². The van der Waals surface area contributed by atoms with Gasteiger partial charge >= 0.3 is 0 Å². The van der Waals surface area contributed by atoms with E-state index in [1.807, 2.05) is 19.1 Å². The van der Waals surface area contributed by atoms with Gasteiger partial charge in [0.25, 0.3) is 0 Å². The molecule has 1 amide bonds. The molecule has 1 aromatic heterocycles. The fraction of sp³-hybridized carbons (Fsp3) is 0.200. The van der Waals surface area contributed by atoms with Crippen LogP contribution in [0.3, 0.4) is 0 Å². The van der Waals surface area contributed by atoms with Crippen LogP contribution in [0.1, 0.15) is 34.6 Å². The molecule has 25 heavy (non-hydrogen) atoms. The molecule has 0 aliphatic carbocycles. The number of halogens is 1. The Kier molecular flexibility index (Phi) is 3.64. The Balaban J connectivity index is 1.84. The van der Waals surface area contributed by atoms with Crippen LogP contribution in [0.15, 0.2) is 48.7 Å². The Labute approximate surface area is 145 Å². The van der Waals surface area contributed by atoms with Crippen molar-refractivity contribution in [1.82, 2.24) is 9.78 Å². The van der Waals surface area contributed by atoms with Gasteiger partial charge in [-0.15, -0.1) is 0 Å². The summed E-state index contributed by atoms with van der Waals surface area (Å²) in [5.41, 5.74) is 5.09. The maximum Gasteiger partial charge on any atom is 0.226 e. The second-order valence-corrected chi connectivity index (χ2v) is 6.44. The highest BCUT2D eigenvalue weighted by molar-refractivity contribution is 5.94. The molecule has 0 bridgehead atoms. The number of aromatic nitrogens is 2. The molecule has 4 nitrogen and oxygen atoms in total. The third-order valence-corrected chi connectivity index (χ3v) is 4.90. The molecule has 1 unspecified atom stereocenters. The van der Waals surface area contributed by atoms with Crippen molar-refractivity contribution in [3.8, 4) is 5.69 Å². The fourth-order valence-corrected chi connectivity index (χ4v) is 3.36. The van der Waals surface area contributed by atoms with Crippen molar-refractivity contribution < 1.29 is 9.18 Å². The van der Waals surface area contributed by atoms with E-state index in [4.69, 9.17) is 0 Å². The van der Waals surface area contributed by atoms with Crippen molar-refractivity contribution in [1.29, 1.82) is 0 Å². The van der Waals surface area contributed by atoms with Crippen LogP contribution in [0.5, 0.6) is 0 Å². The molecular weight excluding hydrogens is 317 g/mol. The number of nitrogens with one attached hydrogen (secondary N) is 1. The maximum atomic E-state index is 13.2. The molecule has 1 aliphatic rings. The second kappa shape index (κ2) is 5.84. The van der Waals surface area contributed by atoms with Crippen molar-refractivity contribution in [2.45, 2.75) is 26.2 Å². The molecule has 2 aromatic carbocycles. The van der Waals surface area contributed by atoms with E-state index in [0.717, 1.165) is 22.4 Å². The van der Waals surface area contributed by atoms with E-state index >= 15 is 0 Å². The summed E-state index contributed by atoms with van der Waals surface area (Å²) in [6.45, 7) is 4.09. The molecule has 1 N–H and O–H groups in total. The quantitative estimate of drug-likeness (QED) is 0.766. The van der Waals surface area contributed by atoms with E-state index in [2.05, 4.69) is 23.4 Å². The predicted molar refractivity (Wildman–Crippen MR) is 94.5 cm³/mol. The summed E-state index contributed by atoms with van der Waals surface area (Å²) >= 11 is 0. The molecule has 126 valence electrons. The Hall–Kier alpha value is -2.95. The normalized spacial score (nSPS) is 16.4. The van der Waals surface area contributed by atoms with Crippen LogP contribution < -0.4 is 5.32 Å². The molecule has 0 radical (unpaired) electrons. The Morgan fingerprint density at radius 3 is 2.68 bits per heavy atom. The van der Waals surface area contributed by atoms with Gasteiger partial charge in [-0.25, -0.2) is 9.07 Å². The highest BCUT2D eigenvalue weighted by atomic mass is 19.1. The molecule has 4 rings (SSSR count). The summed E-state index contributed by atoms with van der Waals surface area (Å²) in [6.07, 6.45) is 2.13. The van der Waals surface area contributed by atoms with Gasteiger partial charge in [0.15, 0.2) is 0 Å². The number of rotatable bonds is 2. The number of benzene rings is 2. The monoisotopic (exact) mass is 335 g/mol. The van der Waals surface area contributed by atoms with Gasteiger partial charge in [0.05, 0.1) is 11.9 Å². The van der Waals surface area contributed by atoms with Gasteiger partial charge in [-0.05, 0) is 48.7 Å². The molecule has 1 aliphatic heterocycles. The van der Waals surface area contributed by atoms with Gasteiger partial charge in [0.1, 0.15) is 11.6 Å². The van der Waals surface area contributed by atoms with Gasteiger partial charge < -0.3 is 5.32 Å². The van der Waals surface area contributed by atoms with Crippen LogP contribution in [0, 0.1) is 19.7 Å². The summed E-state index contributed by atoms with van der Waals surface area (Å²) in [5, 5.41) is 7.48. The molecule has 5 heteroatoms. The lowest BCUT2D eigenvalue weighted by Gasteiger charge is -2.24. The van der Waals surface area contributed by atoms with Crippen LogP contribution in [-0.4, -0.2) is 15.7 Å². The number of fused-ring (bicyclic) bond motifs is 1. The predicted octanol–water partition coefficient (Wildman–Crippen LogP) is 4.10. The summed E-state index contributed by atoms with van der Waals surface area (Å²) in [6, 6.07) is 12.3. The van der Waals surface area contributed by atoms with E-state index in [-0.39, 0.29) is 17.6 Å². The Morgan fingerprint density at radius 2 is 1.92 bits per heavy atom. The van der Waals surface area contributed by atoms with E-state index in [1.165, 1.54) is 17.7 Å². The highest BCUT2D eigenvalue weighted by Crippen LogP contribution is 2.38. The smallest absolute Gasteiger partial charge is 0.226 e. The molecule has 0 saturated heterocycles. The van der Waals surface area contributed by atoms with E-state index in [9.17, 15) is 9.18 Å². The summed E-state index contributed by atoms with van der Waals surface area (Å²) in [7, 11) is 0. The van der Waals surface area contributed by atoms with Gasteiger partial charge in [-0.1, -0.05) is 24.3 Å². The SMILES string of the molecule is Cc1cccc(-n2ncc3c2NC(=O)CC3c2ccc(F)cc2)c1C. The minimum absolute atomic E-state index is 0.0612. The fourth-order valence-electron chi connectivity index (χ4n) is 3.36. The number of amides is 1. The van der Waals surface area contributed by atoms with Crippen molar-refractivity contribution in [3.05, 3.63) is 76.7 Å². The zero-order chi connectivity index (χ0) is 17.6. The van der Waals surface area contributed by atoms with Gasteiger partial charge in [0.2, 0.25) is 5.91 Å². The lowest BCUT2D eigenvalue weighted by atomic mass is 9.87. The zero-order valence-corrected chi connectivity index (χ0v) is 14.1. The van der Waals surface area contributed by atoms with E-state index in [0.29, 0.717) is 12.2 Å². The van der Waals surface area contributed by atoms with Crippen molar-refractivity contribution in [2.75, 3.05) is 5.32 Å². The lowest BCUT2D eigenvalue weighted by Crippen LogP contribution is -2.24. The first-order chi connectivity index (χ1) is 12.0. The first-order valence-corrected chi connectivity index (χ1v) is 8.24. The topological polar surface area (TPSA) is 46.9 Å². The highest BCUT2D eigenvalue weighted by Gasteiger charge is 2.30.